The molecular weight excluding hydrogens is 272 g/mol. The van der Waals surface area contributed by atoms with Crippen LogP contribution in [0.2, 0.25) is 0 Å². The fourth-order valence-corrected chi connectivity index (χ4v) is 4.18. The summed E-state index contributed by atoms with van der Waals surface area (Å²) in [5.41, 5.74) is 1.49. The highest BCUT2D eigenvalue weighted by atomic mass is 32.2. The van der Waals surface area contributed by atoms with Crippen molar-refractivity contribution in [2.24, 2.45) is 0 Å². The number of hydrogen-bond acceptors (Lipinski definition) is 4. The van der Waals surface area contributed by atoms with E-state index in [0.717, 1.165) is 12.2 Å². The number of nitrogens with zero attached hydrogens (tertiary/aromatic N) is 3. The predicted molar refractivity (Wildman–Crippen MR) is 82.2 cm³/mol. The Hall–Kier alpha value is -1.27. The summed E-state index contributed by atoms with van der Waals surface area (Å²) < 4.78 is 1.46. The van der Waals surface area contributed by atoms with E-state index in [0.29, 0.717) is 16.9 Å². The van der Waals surface area contributed by atoms with Gasteiger partial charge >= 0.3 is 0 Å². The van der Waals surface area contributed by atoms with Crippen molar-refractivity contribution in [1.82, 2.24) is 19.5 Å². The normalized spacial score (nSPS) is 22.9. The molecule has 2 atom stereocenters. The van der Waals surface area contributed by atoms with Crippen LogP contribution in [-0.4, -0.2) is 44.1 Å². The third-order valence-electron chi connectivity index (χ3n) is 4.13. The predicted octanol–water partition coefficient (Wildman–Crippen LogP) is 1.74. The molecule has 1 aliphatic carbocycles. The summed E-state index contributed by atoms with van der Waals surface area (Å²) in [7, 11) is 2.14. The first-order valence-electron chi connectivity index (χ1n) is 6.98. The van der Waals surface area contributed by atoms with Gasteiger partial charge in [-0.15, -0.1) is 0 Å². The number of fused-ring (bicyclic) bond motifs is 1. The highest BCUT2D eigenvalue weighted by Gasteiger charge is 2.29. The highest BCUT2D eigenvalue weighted by molar-refractivity contribution is 7.99. The summed E-state index contributed by atoms with van der Waals surface area (Å²) in [6.07, 6.45) is 7.76. The molecular formula is C14H20N4OS. The largest absolute Gasteiger partial charge is 0.297 e. The Kier molecular flexibility index (Phi) is 3.85. The number of thioether (sulfide) groups is 1. The standard InChI is InChI=1S/C14H20N4OS/c1-17(11-4-3-5-12(11)20-2)9-10-8-14(19)18-13(16-10)6-7-15-18/h6-8,11-12,15H,3-5,9H2,1-2H3/t11-,12-/m1/s1. The van der Waals surface area contributed by atoms with Crippen LogP contribution in [0, 0.1) is 0 Å². The van der Waals surface area contributed by atoms with Gasteiger partial charge in [-0.05, 0) is 26.1 Å². The lowest BCUT2D eigenvalue weighted by atomic mass is 10.2. The molecule has 0 spiro atoms. The van der Waals surface area contributed by atoms with E-state index in [2.05, 4.69) is 28.3 Å². The van der Waals surface area contributed by atoms with Crippen LogP contribution in [0.15, 0.2) is 23.1 Å². The highest BCUT2D eigenvalue weighted by Crippen LogP contribution is 2.31. The number of nitrogens with one attached hydrogen (secondary N) is 1. The Labute approximate surface area is 122 Å². The van der Waals surface area contributed by atoms with E-state index in [1.165, 1.54) is 23.8 Å². The zero-order chi connectivity index (χ0) is 14.1. The van der Waals surface area contributed by atoms with E-state index in [-0.39, 0.29) is 5.56 Å². The lowest BCUT2D eigenvalue weighted by molar-refractivity contribution is 0.239. The van der Waals surface area contributed by atoms with Crippen molar-refractivity contribution >= 4 is 17.4 Å². The van der Waals surface area contributed by atoms with Gasteiger partial charge in [-0.25, -0.2) is 9.50 Å². The minimum Gasteiger partial charge on any atom is -0.297 e. The molecule has 0 radical (unpaired) electrons. The van der Waals surface area contributed by atoms with Crippen LogP contribution in [0.5, 0.6) is 0 Å². The number of H-pyrrole nitrogens is 1. The molecule has 0 saturated heterocycles. The first kappa shape index (κ1) is 13.7. The van der Waals surface area contributed by atoms with Gasteiger partial charge in [0.2, 0.25) is 0 Å². The van der Waals surface area contributed by atoms with Crippen LogP contribution in [0.25, 0.3) is 5.65 Å². The van der Waals surface area contributed by atoms with Gasteiger partial charge in [0, 0.05) is 36.2 Å². The van der Waals surface area contributed by atoms with Gasteiger partial charge in [0.05, 0.1) is 5.69 Å². The van der Waals surface area contributed by atoms with E-state index in [9.17, 15) is 4.79 Å². The maximum atomic E-state index is 12.0. The lowest BCUT2D eigenvalue weighted by Gasteiger charge is -2.28. The molecule has 0 aromatic carbocycles. The molecule has 3 rings (SSSR count). The smallest absolute Gasteiger partial charge is 0.272 e. The van der Waals surface area contributed by atoms with Gasteiger partial charge < -0.3 is 0 Å². The first-order chi connectivity index (χ1) is 9.69. The van der Waals surface area contributed by atoms with Crippen LogP contribution in [-0.2, 0) is 6.54 Å². The van der Waals surface area contributed by atoms with Crippen LogP contribution >= 0.6 is 11.8 Å². The third-order valence-corrected chi connectivity index (χ3v) is 5.29. The minimum atomic E-state index is -0.0451. The van der Waals surface area contributed by atoms with Crippen molar-refractivity contribution in [2.75, 3.05) is 13.3 Å². The van der Waals surface area contributed by atoms with Gasteiger partial charge in [-0.2, -0.15) is 11.8 Å². The second-order valence-corrected chi connectivity index (χ2v) is 6.51. The SMILES string of the molecule is CS[C@@H]1CCC[C@H]1N(C)Cc1cc(=O)n2[nH]ccc2n1. The van der Waals surface area contributed by atoms with Gasteiger partial charge in [0.15, 0.2) is 5.65 Å². The molecule has 1 aliphatic rings. The van der Waals surface area contributed by atoms with Crippen LogP contribution in [0.1, 0.15) is 25.0 Å². The molecule has 0 bridgehead atoms. The summed E-state index contributed by atoms with van der Waals surface area (Å²) in [6.45, 7) is 0.735. The summed E-state index contributed by atoms with van der Waals surface area (Å²) >= 11 is 1.95. The monoisotopic (exact) mass is 292 g/mol. The van der Waals surface area contributed by atoms with Crippen molar-refractivity contribution < 1.29 is 0 Å². The molecule has 1 N–H and O–H groups in total. The van der Waals surface area contributed by atoms with Gasteiger partial charge in [0.25, 0.3) is 5.56 Å². The average molecular weight is 292 g/mol. The molecule has 0 aliphatic heterocycles. The van der Waals surface area contributed by atoms with Gasteiger partial charge in [-0.1, -0.05) is 6.42 Å². The molecule has 2 heterocycles. The van der Waals surface area contributed by atoms with E-state index in [4.69, 9.17) is 0 Å². The molecule has 6 heteroatoms. The molecule has 2 aromatic heterocycles. The zero-order valence-electron chi connectivity index (χ0n) is 11.9. The molecule has 0 unspecified atom stereocenters. The van der Waals surface area contributed by atoms with Crippen LogP contribution in [0.4, 0.5) is 0 Å². The van der Waals surface area contributed by atoms with Crippen molar-refractivity contribution in [3.8, 4) is 0 Å². The molecule has 108 valence electrons. The Morgan fingerprint density at radius 1 is 1.55 bits per heavy atom. The topological polar surface area (TPSA) is 53.4 Å². The molecule has 1 fully saturated rings. The zero-order valence-corrected chi connectivity index (χ0v) is 12.7. The number of aromatic amines is 1. The van der Waals surface area contributed by atoms with Crippen LogP contribution < -0.4 is 5.56 Å². The van der Waals surface area contributed by atoms with Crippen molar-refractivity contribution in [1.29, 1.82) is 0 Å². The quantitative estimate of drug-likeness (QED) is 0.932. The van der Waals surface area contributed by atoms with Crippen molar-refractivity contribution in [3.63, 3.8) is 0 Å². The summed E-state index contributed by atoms with van der Waals surface area (Å²) in [6, 6.07) is 4.05. The number of aromatic nitrogens is 3. The summed E-state index contributed by atoms with van der Waals surface area (Å²) in [5.74, 6) is 0. The third kappa shape index (κ3) is 2.50. The summed E-state index contributed by atoms with van der Waals surface area (Å²) in [4.78, 5) is 18.8. The molecule has 2 aromatic rings. The minimum absolute atomic E-state index is 0.0451. The Morgan fingerprint density at radius 3 is 3.20 bits per heavy atom. The van der Waals surface area contributed by atoms with Gasteiger partial charge in [0.1, 0.15) is 0 Å². The number of hydrogen-bond donors (Lipinski definition) is 1. The van der Waals surface area contributed by atoms with Crippen molar-refractivity contribution in [3.05, 3.63) is 34.4 Å². The Morgan fingerprint density at radius 2 is 2.40 bits per heavy atom. The van der Waals surface area contributed by atoms with E-state index in [1.54, 1.807) is 12.3 Å². The maximum Gasteiger partial charge on any atom is 0.272 e. The molecule has 0 amide bonds. The van der Waals surface area contributed by atoms with E-state index in [1.807, 2.05) is 17.8 Å². The van der Waals surface area contributed by atoms with Gasteiger partial charge in [-0.3, -0.25) is 14.8 Å². The van der Waals surface area contributed by atoms with Crippen molar-refractivity contribution in [2.45, 2.75) is 37.1 Å². The lowest BCUT2D eigenvalue weighted by Crippen LogP contribution is -2.36. The Bertz CT molecular complexity index is 650. The van der Waals surface area contributed by atoms with E-state index < -0.39 is 0 Å². The first-order valence-corrected chi connectivity index (χ1v) is 8.27. The second-order valence-electron chi connectivity index (χ2n) is 5.43. The fraction of sp³-hybridized carbons (Fsp3) is 0.571. The summed E-state index contributed by atoms with van der Waals surface area (Å²) in [5, 5.41) is 3.57. The second kappa shape index (κ2) is 5.61. The number of rotatable bonds is 4. The molecule has 20 heavy (non-hydrogen) atoms. The maximum absolute atomic E-state index is 12.0. The van der Waals surface area contributed by atoms with E-state index >= 15 is 0 Å². The Balaban J connectivity index is 1.80. The van der Waals surface area contributed by atoms with Crippen LogP contribution in [0.3, 0.4) is 0 Å². The molecule has 1 saturated carbocycles. The fourth-order valence-electron chi connectivity index (χ4n) is 3.12. The molecule has 5 nitrogen and oxygen atoms in total. The average Bonchev–Trinajstić information content (AvgIpc) is 3.06.